The van der Waals surface area contributed by atoms with Gasteiger partial charge in [0.25, 0.3) is 0 Å². The second-order valence-corrected chi connectivity index (χ2v) is 6.70. The van der Waals surface area contributed by atoms with Gasteiger partial charge in [0.2, 0.25) is 0 Å². The topological polar surface area (TPSA) is 35.5 Å². The number of likely N-dealkylation sites (tertiary alicyclic amines) is 1. The van der Waals surface area contributed by atoms with Gasteiger partial charge in [-0.2, -0.15) is 0 Å². The minimum Gasteiger partial charge on any atom is -0.393 e. The van der Waals surface area contributed by atoms with Gasteiger partial charge in [0, 0.05) is 13.1 Å². The second-order valence-electron chi connectivity index (χ2n) is 6.70. The van der Waals surface area contributed by atoms with Gasteiger partial charge in [0.15, 0.2) is 0 Å². The highest BCUT2D eigenvalue weighted by molar-refractivity contribution is 4.83. The lowest BCUT2D eigenvalue weighted by atomic mass is 9.83. The second kappa shape index (κ2) is 8.23. The molecule has 0 radical (unpaired) electrons. The SMILES string of the molecule is CCCC(C)(CNCC)CN1CCC(C(C)O)CC1. The van der Waals surface area contributed by atoms with E-state index in [2.05, 4.69) is 31.0 Å². The van der Waals surface area contributed by atoms with Crippen LogP contribution in [-0.4, -0.2) is 48.8 Å². The molecule has 1 fully saturated rings. The molecule has 3 nitrogen and oxygen atoms in total. The van der Waals surface area contributed by atoms with Crippen LogP contribution in [0, 0.1) is 11.3 Å². The van der Waals surface area contributed by atoms with E-state index < -0.39 is 0 Å². The Balaban J connectivity index is 2.42. The van der Waals surface area contributed by atoms with Crippen LogP contribution in [0.4, 0.5) is 0 Å². The first-order chi connectivity index (χ1) is 9.00. The Morgan fingerprint density at radius 3 is 2.42 bits per heavy atom. The Bertz CT molecular complexity index is 237. The molecule has 0 aliphatic carbocycles. The molecule has 0 bridgehead atoms. The lowest BCUT2D eigenvalue weighted by Gasteiger charge is -2.40. The van der Waals surface area contributed by atoms with Crippen molar-refractivity contribution in [2.45, 2.75) is 59.5 Å². The maximum absolute atomic E-state index is 9.67. The van der Waals surface area contributed by atoms with Crippen molar-refractivity contribution in [2.75, 3.05) is 32.7 Å². The number of aliphatic hydroxyl groups is 1. The van der Waals surface area contributed by atoms with Crippen molar-refractivity contribution in [2.24, 2.45) is 11.3 Å². The predicted octanol–water partition coefficient (Wildman–Crippen LogP) is 2.50. The highest BCUT2D eigenvalue weighted by atomic mass is 16.3. The van der Waals surface area contributed by atoms with Crippen molar-refractivity contribution in [3.63, 3.8) is 0 Å². The van der Waals surface area contributed by atoms with E-state index in [4.69, 9.17) is 0 Å². The Morgan fingerprint density at radius 2 is 1.95 bits per heavy atom. The molecule has 1 aliphatic heterocycles. The third kappa shape index (κ3) is 5.80. The predicted molar refractivity (Wildman–Crippen MR) is 82.4 cm³/mol. The van der Waals surface area contributed by atoms with Gasteiger partial charge in [0.05, 0.1) is 6.10 Å². The van der Waals surface area contributed by atoms with Crippen molar-refractivity contribution in [1.82, 2.24) is 10.2 Å². The molecule has 1 rings (SSSR count). The molecule has 0 aromatic heterocycles. The smallest absolute Gasteiger partial charge is 0.0541 e. The summed E-state index contributed by atoms with van der Waals surface area (Å²) < 4.78 is 0. The molecular formula is C16H34N2O. The van der Waals surface area contributed by atoms with Gasteiger partial charge in [-0.3, -0.25) is 0 Å². The van der Waals surface area contributed by atoms with Crippen LogP contribution in [0.15, 0.2) is 0 Å². The van der Waals surface area contributed by atoms with Crippen LogP contribution >= 0.6 is 0 Å². The lowest BCUT2D eigenvalue weighted by molar-refractivity contribution is 0.0535. The highest BCUT2D eigenvalue weighted by Gasteiger charge is 2.29. The first-order valence-corrected chi connectivity index (χ1v) is 8.12. The number of hydrogen-bond acceptors (Lipinski definition) is 3. The molecule has 114 valence electrons. The van der Waals surface area contributed by atoms with Crippen LogP contribution < -0.4 is 5.32 Å². The number of aliphatic hydroxyl groups excluding tert-OH is 1. The number of hydrogen-bond donors (Lipinski definition) is 2. The van der Waals surface area contributed by atoms with Crippen LogP contribution in [-0.2, 0) is 0 Å². The van der Waals surface area contributed by atoms with Gasteiger partial charge < -0.3 is 15.3 Å². The van der Waals surface area contributed by atoms with Crippen molar-refractivity contribution in [3.05, 3.63) is 0 Å². The molecule has 2 unspecified atom stereocenters. The third-order valence-electron chi connectivity index (χ3n) is 4.58. The summed E-state index contributed by atoms with van der Waals surface area (Å²) in [4.78, 5) is 2.60. The minimum absolute atomic E-state index is 0.133. The summed E-state index contributed by atoms with van der Waals surface area (Å²) in [6, 6.07) is 0. The number of rotatable bonds is 8. The fraction of sp³-hybridized carbons (Fsp3) is 1.00. The van der Waals surface area contributed by atoms with Crippen molar-refractivity contribution >= 4 is 0 Å². The quantitative estimate of drug-likeness (QED) is 0.711. The summed E-state index contributed by atoms with van der Waals surface area (Å²) in [7, 11) is 0. The van der Waals surface area contributed by atoms with Gasteiger partial charge in [-0.05, 0) is 57.2 Å². The van der Waals surface area contributed by atoms with Crippen molar-refractivity contribution in [3.8, 4) is 0 Å². The van der Waals surface area contributed by atoms with E-state index in [-0.39, 0.29) is 6.10 Å². The molecule has 1 saturated heterocycles. The number of nitrogens with zero attached hydrogens (tertiary/aromatic N) is 1. The molecule has 0 aromatic rings. The van der Waals surface area contributed by atoms with Gasteiger partial charge in [-0.15, -0.1) is 0 Å². The minimum atomic E-state index is -0.133. The van der Waals surface area contributed by atoms with E-state index in [1.54, 1.807) is 0 Å². The van der Waals surface area contributed by atoms with E-state index in [9.17, 15) is 5.11 Å². The van der Waals surface area contributed by atoms with Crippen molar-refractivity contribution < 1.29 is 5.11 Å². The first-order valence-electron chi connectivity index (χ1n) is 8.12. The summed E-state index contributed by atoms with van der Waals surface area (Å²) in [5.74, 6) is 0.516. The van der Waals surface area contributed by atoms with Gasteiger partial charge in [-0.25, -0.2) is 0 Å². The Morgan fingerprint density at radius 1 is 1.32 bits per heavy atom. The van der Waals surface area contributed by atoms with Crippen molar-refractivity contribution in [1.29, 1.82) is 0 Å². The summed E-state index contributed by atoms with van der Waals surface area (Å²) in [6.45, 7) is 14.5. The fourth-order valence-electron chi connectivity index (χ4n) is 3.39. The molecule has 1 heterocycles. The Labute approximate surface area is 119 Å². The largest absolute Gasteiger partial charge is 0.393 e. The van der Waals surface area contributed by atoms with Crippen LogP contribution in [0.1, 0.15) is 53.4 Å². The van der Waals surface area contributed by atoms with Crippen LogP contribution in [0.2, 0.25) is 0 Å². The molecule has 0 aromatic carbocycles. The fourth-order valence-corrected chi connectivity index (χ4v) is 3.39. The van der Waals surface area contributed by atoms with E-state index in [1.807, 2.05) is 6.92 Å². The van der Waals surface area contributed by atoms with E-state index >= 15 is 0 Å². The molecule has 0 spiro atoms. The monoisotopic (exact) mass is 270 g/mol. The zero-order valence-electron chi connectivity index (χ0n) is 13.4. The number of nitrogens with one attached hydrogen (secondary N) is 1. The first kappa shape index (κ1) is 16.9. The van der Waals surface area contributed by atoms with E-state index in [1.165, 1.54) is 19.4 Å². The lowest BCUT2D eigenvalue weighted by Crippen LogP contribution is -2.46. The summed E-state index contributed by atoms with van der Waals surface area (Å²) >= 11 is 0. The zero-order valence-corrected chi connectivity index (χ0v) is 13.4. The summed E-state index contributed by atoms with van der Waals surface area (Å²) in [5.41, 5.74) is 0.391. The van der Waals surface area contributed by atoms with Crippen LogP contribution in [0.25, 0.3) is 0 Å². The van der Waals surface area contributed by atoms with E-state index in [0.717, 1.165) is 39.0 Å². The maximum atomic E-state index is 9.67. The normalized spacial score (nSPS) is 23.2. The third-order valence-corrected chi connectivity index (χ3v) is 4.58. The van der Waals surface area contributed by atoms with Crippen LogP contribution in [0.3, 0.4) is 0 Å². The molecule has 0 saturated carbocycles. The molecule has 19 heavy (non-hydrogen) atoms. The highest BCUT2D eigenvalue weighted by Crippen LogP contribution is 2.27. The average Bonchev–Trinajstić information content (AvgIpc) is 2.37. The molecular weight excluding hydrogens is 236 g/mol. The zero-order chi connectivity index (χ0) is 14.3. The molecule has 2 N–H and O–H groups in total. The molecule has 0 amide bonds. The number of piperidine rings is 1. The standard InChI is InChI=1S/C16H34N2O/c1-5-9-16(4,12-17-6-2)13-18-10-7-15(8-11-18)14(3)19/h14-15,17,19H,5-13H2,1-4H3. The Hall–Kier alpha value is -0.120. The van der Waals surface area contributed by atoms with Gasteiger partial charge in [0.1, 0.15) is 0 Å². The summed E-state index contributed by atoms with van der Waals surface area (Å²) in [6.07, 6.45) is 4.72. The maximum Gasteiger partial charge on any atom is 0.0541 e. The van der Waals surface area contributed by atoms with Gasteiger partial charge >= 0.3 is 0 Å². The van der Waals surface area contributed by atoms with Crippen LogP contribution in [0.5, 0.6) is 0 Å². The molecule has 1 aliphatic rings. The molecule has 3 heteroatoms. The van der Waals surface area contributed by atoms with E-state index in [0.29, 0.717) is 11.3 Å². The molecule has 2 atom stereocenters. The van der Waals surface area contributed by atoms with Gasteiger partial charge in [-0.1, -0.05) is 27.2 Å². The Kier molecular flexibility index (Phi) is 7.33. The average molecular weight is 270 g/mol. The summed E-state index contributed by atoms with van der Waals surface area (Å²) in [5, 5.41) is 13.2.